The third-order valence-corrected chi connectivity index (χ3v) is 2.72. The lowest BCUT2D eigenvalue weighted by Crippen LogP contribution is -2.61. The van der Waals surface area contributed by atoms with Crippen molar-refractivity contribution in [3.05, 3.63) is 0 Å². The van der Waals surface area contributed by atoms with Crippen LogP contribution in [0.3, 0.4) is 0 Å². The van der Waals surface area contributed by atoms with E-state index in [1.54, 1.807) is 6.92 Å². The zero-order valence-corrected chi connectivity index (χ0v) is 11.8. The first kappa shape index (κ1) is 21.6. The van der Waals surface area contributed by atoms with E-state index in [1.165, 1.54) is 6.92 Å². The van der Waals surface area contributed by atoms with Gasteiger partial charge in [0.15, 0.2) is 0 Å². The molecule has 0 spiro atoms. The quantitative estimate of drug-likeness (QED) is 0.481. The standard InChI is InChI=1S/C11H13F9O3/c1-3-6(2)23-7(21)22-5-4-8(12,13)9(14,15)10(16,17)11(18,19)20/h6H,3-5H2,1-2H3/t6-/m1/s1. The lowest BCUT2D eigenvalue weighted by molar-refractivity contribution is -0.397. The van der Waals surface area contributed by atoms with Crippen molar-refractivity contribution < 1.29 is 53.8 Å². The predicted molar refractivity (Wildman–Crippen MR) is 57.7 cm³/mol. The Morgan fingerprint density at radius 3 is 1.83 bits per heavy atom. The maximum absolute atomic E-state index is 13.0. The summed E-state index contributed by atoms with van der Waals surface area (Å²) >= 11 is 0. The van der Waals surface area contributed by atoms with Crippen LogP contribution < -0.4 is 0 Å². The molecular formula is C11H13F9O3. The molecule has 0 heterocycles. The van der Waals surface area contributed by atoms with Gasteiger partial charge in [0.25, 0.3) is 0 Å². The molecule has 0 saturated heterocycles. The number of hydrogen-bond donors (Lipinski definition) is 0. The van der Waals surface area contributed by atoms with E-state index in [4.69, 9.17) is 0 Å². The van der Waals surface area contributed by atoms with Crippen LogP contribution in [0.15, 0.2) is 0 Å². The van der Waals surface area contributed by atoms with Crippen LogP contribution in [0, 0.1) is 0 Å². The van der Waals surface area contributed by atoms with E-state index in [-0.39, 0.29) is 0 Å². The first-order valence-electron chi connectivity index (χ1n) is 6.13. The Hall–Kier alpha value is -1.36. The van der Waals surface area contributed by atoms with Gasteiger partial charge in [0.05, 0.1) is 6.42 Å². The van der Waals surface area contributed by atoms with Gasteiger partial charge in [-0.3, -0.25) is 0 Å². The summed E-state index contributed by atoms with van der Waals surface area (Å²) in [6.07, 6.45) is -11.1. The summed E-state index contributed by atoms with van der Waals surface area (Å²) in [7, 11) is 0. The van der Waals surface area contributed by atoms with Gasteiger partial charge in [-0.25, -0.2) is 4.79 Å². The molecule has 1 atom stereocenters. The first-order valence-corrected chi connectivity index (χ1v) is 6.13. The van der Waals surface area contributed by atoms with Crippen LogP contribution in [-0.4, -0.2) is 42.8 Å². The highest BCUT2D eigenvalue weighted by Crippen LogP contribution is 2.53. The van der Waals surface area contributed by atoms with E-state index in [9.17, 15) is 44.3 Å². The second-order valence-corrected chi connectivity index (χ2v) is 4.54. The van der Waals surface area contributed by atoms with Gasteiger partial charge in [0, 0.05) is 0 Å². The second-order valence-electron chi connectivity index (χ2n) is 4.54. The van der Waals surface area contributed by atoms with E-state index < -0.39 is 49.2 Å². The van der Waals surface area contributed by atoms with Crippen LogP contribution in [0.25, 0.3) is 0 Å². The predicted octanol–water partition coefficient (Wildman–Crippen LogP) is 4.80. The molecule has 0 aromatic carbocycles. The molecule has 0 unspecified atom stereocenters. The smallest absolute Gasteiger partial charge is 0.434 e. The lowest BCUT2D eigenvalue weighted by Gasteiger charge is -2.33. The molecule has 0 aromatic heterocycles. The van der Waals surface area contributed by atoms with Crippen molar-refractivity contribution in [2.45, 2.75) is 56.7 Å². The highest BCUT2D eigenvalue weighted by atomic mass is 19.4. The third kappa shape index (κ3) is 4.80. The Kier molecular flexibility index (Phi) is 6.62. The van der Waals surface area contributed by atoms with E-state index in [1.807, 2.05) is 0 Å². The van der Waals surface area contributed by atoms with Crippen LogP contribution >= 0.6 is 0 Å². The first-order chi connectivity index (χ1) is 10.1. The SMILES string of the molecule is CC[C@@H](C)OC(=O)OCCC(F)(F)C(F)(F)C(F)(F)C(F)(F)F. The molecule has 0 aliphatic rings. The summed E-state index contributed by atoms with van der Waals surface area (Å²) in [5, 5.41) is 0. The maximum Gasteiger partial charge on any atom is 0.508 e. The molecule has 0 bridgehead atoms. The maximum atomic E-state index is 13.0. The van der Waals surface area contributed by atoms with Crippen LogP contribution in [0.2, 0.25) is 0 Å². The molecule has 0 radical (unpaired) electrons. The van der Waals surface area contributed by atoms with Gasteiger partial charge in [0.2, 0.25) is 0 Å². The topological polar surface area (TPSA) is 35.5 Å². The average molecular weight is 364 g/mol. The van der Waals surface area contributed by atoms with Crippen molar-refractivity contribution in [3.8, 4) is 0 Å². The molecule has 0 rings (SSSR count). The molecular weight excluding hydrogens is 351 g/mol. The summed E-state index contributed by atoms with van der Waals surface area (Å²) in [6.45, 7) is 1.42. The van der Waals surface area contributed by atoms with Crippen molar-refractivity contribution in [1.82, 2.24) is 0 Å². The summed E-state index contributed by atoms with van der Waals surface area (Å²) in [6, 6.07) is 0. The molecule has 0 aromatic rings. The van der Waals surface area contributed by atoms with Gasteiger partial charge in [-0.1, -0.05) is 6.92 Å². The number of carbonyl (C=O) groups is 1. The molecule has 0 saturated carbocycles. The molecule has 12 heteroatoms. The van der Waals surface area contributed by atoms with Gasteiger partial charge in [-0.05, 0) is 13.3 Å². The summed E-state index contributed by atoms with van der Waals surface area (Å²) < 4.78 is 121. The van der Waals surface area contributed by atoms with Crippen LogP contribution in [0.4, 0.5) is 44.3 Å². The zero-order valence-electron chi connectivity index (χ0n) is 11.8. The molecule has 3 nitrogen and oxygen atoms in total. The Morgan fingerprint density at radius 1 is 0.957 bits per heavy atom. The Labute approximate surface area is 124 Å². The Balaban J connectivity index is 4.84. The number of carbonyl (C=O) groups excluding carboxylic acids is 1. The van der Waals surface area contributed by atoms with Crippen molar-refractivity contribution in [2.75, 3.05) is 6.61 Å². The van der Waals surface area contributed by atoms with Crippen LogP contribution in [0.1, 0.15) is 26.7 Å². The van der Waals surface area contributed by atoms with Gasteiger partial charge in [0.1, 0.15) is 12.7 Å². The van der Waals surface area contributed by atoms with Crippen molar-refractivity contribution >= 4 is 6.16 Å². The summed E-state index contributed by atoms with van der Waals surface area (Å²) in [4.78, 5) is 10.9. The fraction of sp³-hybridized carbons (Fsp3) is 0.909. The largest absolute Gasteiger partial charge is 0.508 e. The van der Waals surface area contributed by atoms with Crippen molar-refractivity contribution in [2.24, 2.45) is 0 Å². The third-order valence-electron chi connectivity index (χ3n) is 2.72. The van der Waals surface area contributed by atoms with E-state index in [0.29, 0.717) is 6.42 Å². The number of ether oxygens (including phenoxy) is 2. The van der Waals surface area contributed by atoms with E-state index in [0.717, 1.165) is 0 Å². The highest BCUT2D eigenvalue weighted by molar-refractivity contribution is 5.60. The highest BCUT2D eigenvalue weighted by Gasteiger charge is 2.81. The van der Waals surface area contributed by atoms with Gasteiger partial charge >= 0.3 is 30.1 Å². The molecule has 138 valence electrons. The molecule has 23 heavy (non-hydrogen) atoms. The minimum absolute atomic E-state index is 0.307. The average Bonchev–Trinajstić information content (AvgIpc) is 2.36. The van der Waals surface area contributed by atoms with Gasteiger partial charge in [-0.2, -0.15) is 39.5 Å². The summed E-state index contributed by atoms with van der Waals surface area (Å²) in [5.41, 5.74) is 0. The number of halogens is 9. The molecule has 0 fully saturated rings. The summed E-state index contributed by atoms with van der Waals surface area (Å²) in [5.74, 6) is -19.5. The van der Waals surface area contributed by atoms with Crippen molar-refractivity contribution in [1.29, 1.82) is 0 Å². The van der Waals surface area contributed by atoms with Crippen LogP contribution in [-0.2, 0) is 9.47 Å². The van der Waals surface area contributed by atoms with Gasteiger partial charge < -0.3 is 9.47 Å². The minimum Gasteiger partial charge on any atom is -0.434 e. The molecule has 0 amide bonds. The second kappa shape index (κ2) is 7.04. The zero-order chi connectivity index (χ0) is 18.7. The minimum atomic E-state index is -6.96. The number of alkyl halides is 9. The molecule has 0 aliphatic heterocycles. The number of rotatable bonds is 7. The molecule has 0 aliphatic carbocycles. The van der Waals surface area contributed by atoms with E-state index in [2.05, 4.69) is 9.47 Å². The van der Waals surface area contributed by atoms with Gasteiger partial charge in [-0.15, -0.1) is 0 Å². The molecule has 0 N–H and O–H groups in total. The van der Waals surface area contributed by atoms with E-state index >= 15 is 0 Å². The number of hydrogen-bond acceptors (Lipinski definition) is 3. The Bertz CT molecular complexity index is 406. The van der Waals surface area contributed by atoms with Crippen LogP contribution in [0.5, 0.6) is 0 Å². The fourth-order valence-electron chi connectivity index (χ4n) is 1.11. The Morgan fingerprint density at radius 2 is 1.43 bits per heavy atom. The fourth-order valence-corrected chi connectivity index (χ4v) is 1.11. The van der Waals surface area contributed by atoms with Crippen molar-refractivity contribution in [3.63, 3.8) is 0 Å². The monoisotopic (exact) mass is 364 g/mol. The normalized spacial score (nSPS) is 15.3. The lowest BCUT2D eigenvalue weighted by atomic mass is 10.0.